The van der Waals surface area contributed by atoms with E-state index in [0.717, 1.165) is 68.1 Å². The SMILES string of the molecule is CCCCCCCN(C(=O)C(CO)NC(=O)OC(C)(C)C)C(C(=O)NC1CCCCC1)c1cccc(C)c1C. The van der Waals surface area contributed by atoms with Crippen molar-refractivity contribution in [2.24, 2.45) is 0 Å². The van der Waals surface area contributed by atoms with Gasteiger partial charge in [0, 0.05) is 12.6 Å². The van der Waals surface area contributed by atoms with Crippen LogP contribution in [0.4, 0.5) is 4.79 Å². The molecular formula is C31H51N3O5. The Hall–Kier alpha value is -2.61. The lowest BCUT2D eigenvalue weighted by molar-refractivity contribution is -0.143. The van der Waals surface area contributed by atoms with E-state index in [4.69, 9.17) is 4.74 Å². The quantitative estimate of drug-likeness (QED) is 0.285. The Balaban J connectivity index is 2.44. The van der Waals surface area contributed by atoms with Crippen LogP contribution in [0.25, 0.3) is 0 Å². The van der Waals surface area contributed by atoms with E-state index in [2.05, 4.69) is 17.6 Å². The highest BCUT2D eigenvalue weighted by molar-refractivity contribution is 5.92. The molecule has 0 radical (unpaired) electrons. The molecule has 0 bridgehead atoms. The number of nitrogens with one attached hydrogen (secondary N) is 2. The molecule has 0 aliphatic heterocycles. The number of benzene rings is 1. The zero-order chi connectivity index (χ0) is 29.0. The van der Waals surface area contributed by atoms with Gasteiger partial charge >= 0.3 is 6.09 Å². The fourth-order valence-corrected chi connectivity index (χ4v) is 5.14. The number of hydrogen-bond donors (Lipinski definition) is 3. The van der Waals surface area contributed by atoms with Crippen molar-refractivity contribution in [2.75, 3.05) is 13.2 Å². The average molecular weight is 546 g/mol. The van der Waals surface area contributed by atoms with E-state index in [-0.39, 0.29) is 11.9 Å². The summed E-state index contributed by atoms with van der Waals surface area (Å²) in [7, 11) is 0. The predicted molar refractivity (Wildman–Crippen MR) is 154 cm³/mol. The molecule has 2 rings (SSSR count). The Morgan fingerprint density at radius 1 is 1.05 bits per heavy atom. The Labute approximate surface area is 235 Å². The van der Waals surface area contributed by atoms with Crippen LogP contribution in [0, 0.1) is 13.8 Å². The predicted octanol–water partition coefficient (Wildman–Crippen LogP) is 5.48. The maximum atomic E-state index is 14.0. The number of rotatable bonds is 13. The standard InChI is InChI=1S/C31H51N3O5/c1-7-8-9-10-14-20-34(29(37)26(21-35)33-30(38)39-31(4,5)6)27(25-19-15-16-22(2)23(25)3)28(36)32-24-17-12-11-13-18-24/h15-16,19,24,26-27,35H,7-14,17-18,20-21H2,1-6H3,(H,32,36)(H,33,38). The van der Waals surface area contributed by atoms with E-state index in [1.54, 1.807) is 25.7 Å². The van der Waals surface area contributed by atoms with Crippen LogP contribution >= 0.6 is 0 Å². The summed E-state index contributed by atoms with van der Waals surface area (Å²) >= 11 is 0. The fraction of sp³-hybridized carbons (Fsp3) is 0.710. The Bertz CT molecular complexity index is 937. The van der Waals surface area contributed by atoms with E-state index in [0.29, 0.717) is 13.0 Å². The summed E-state index contributed by atoms with van der Waals surface area (Å²) in [6.07, 6.45) is 9.28. The maximum absolute atomic E-state index is 14.0. The molecule has 3 N–H and O–H groups in total. The summed E-state index contributed by atoms with van der Waals surface area (Å²) < 4.78 is 5.34. The van der Waals surface area contributed by atoms with E-state index in [1.165, 1.54) is 6.42 Å². The minimum atomic E-state index is -1.23. The van der Waals surface area contributed by atoms with Crippen LogP contribution in [0.15, 0.2) is 18.2 Å². The van der Waals surface area contributed by atoms with Crippen molar-refractivity contribution in [1.82, 2.24) is 15.5 Å². The minimum absolute atomic E-state index is 0.0777. The number of amides is 3. The van der Waals surface area contributed by atoms with E-state index in [9.17, 15) is 19.5 Å². The highest BCUT2D eigenvalue weighted by Gasteiger charge is 2.37. The first-order chi connectivity index (χ1) is 18.5. The van der Waals surface area contributed by atoms with Gasteiger partial charge in [-0.25, -0.2) is 4.79 Å². The molecule has 1 aliphatic carbocycles. The topological polar surface area (TPSA) is 108 Å². The van der Waals surface area contributed by atoms with Crippen LogP contribution < -0.4 is 10.6 Å². The molecule has 8 heteroatoms. The lowest BCUT2D eigenvalue weighted by Gasteiger charge is -2.36. The molecule has 0 spiro atoms. The normalized spacial score (nSPS) is 15.8. The Morgan fingerprint density at radius 2 is 1.72 bits per heavy atom. The number of aryl methyl sites for hydroxylation is 1. The molecule has 1 aromatic rings. The molecule has 1 aliphatic rings. The second-order valence-electron chi connectivity index (χ2n) is 11.9. The number of unbranched alkanes of at least 4 members (excludes halogenated alkanes) is 4. The second kappa shape index (κ2) is 15.8. The van der Waals surface area contributed by atoms with Crippen molar-refractivity contribution < 1.29 is 24.2 Å². The van der Waals surface area contributed by atoms with Crippen molar-refractivity contribution in [3.63, 3.8) is 0 Å². The first kappa shape index (κ1) is 32.6. The van der Waals surface area contributed by atoms with Crippen molar-refractivity contribution in [3.05, 3.63) is 34.9 Å². The lowest BCUT2D eigenvalue weighted by atomic mass is 9.92. The first-order valence-electron chi connectivity index (χ1n) is 14.8. The van der Waals surface area contributed by atoms with Crippen LogP contribution in [0.2, 0.25) is 0 Å². The fourth-order valence-electron chi connectivity index (χ4n) is 5.14. The Morgan fingerprint density at radius 3 is 2.33 bits per heavy atom. The van der Waals surface area contributed by atoms with Gasteiger partial charge in [0.2, 0.25) is 11.8 Å². The van der Waals surface area contributed by atoms with Gasteiger partial charge in [0.1, 0.15) is 17.7 Å². The molecule has 1 fully saturated rings. The third-order valence-electron chi connectivity index (χ3n) is 7.41. The van der Waals surface area contributed by atoms with Crippen molar-refractivity contribution in [3.8, 4) is 0 Å². The number of aliphatic hydroxyl groups excluding tert-OH is 1. The van der Waals surface area contributed by atoms with Gasteiger partial charge < -0.3 is 25.4 Å². The summed E-state index contributed by atoms with van der Waals surface area (Å²) in [6.45, 7) is 11.0. The zero-order valence-corrected chi connectivity index (χ0v) is 25.0. The largest absolute Gasteiger partial charge is 0.444 e. The van der Waals surface area contributed by atoms with Crippen LogP contribution in [0.3, 0.4) is 0 Å². The molecule has 220 valence electrons. The van der Waals surface area contributed by atoms with Crippen molar-refractivity contribution in [2.45, 2.75) is 129 Å². The third-order valence-corrected chi connectivity index (χ3v) is 7.41. The third kappa shape index (κ3) is 10.5. The smallest absolute Gasteiger partial charge is 0.408 e. The van der Waals surface area contributed by atoms with Gasteiger partial charge in [0.05, 0.1) is 6.61 Å². The number of aliphatic hydroxyl groups is 1. The number of alkyl carbamates (subject to hydrolysis) is 1. The first-order valence-corrected chi connectivity index (χ1v) is 14.8. The van der Waals surface area contributed by atoms with Gasteiger partial charge in [0.25, 0.3) is 0 Å². The number of nitrogens with zero attached hydrogens (tertiary/aromatic N) is 1. The summed E-state index contributed by atoms with van der Waals surface area (Å²) in [6, 6.07) is 3.77. The molecule has 0 aromatic heterocycles. The van der Waals surface area contributed by atoms with E-state index >= 15 is 0 Å². The minimum Gasteiger partial charge on any atom is -0.444 e. The average Bonchev–Trinajstić information content (AvgIpc) is 2.87. The number of hydrogen-bond acceptors (Lipinski definition) is 5. The molecule has 8 nitrogen and oxygen atoms in total. The molecule has 0 saturated heterocycles. The molecule has 2 unspecified atom stereocenters. The van der Waals surface area contributed by atoms with Gasteiger partial charge in [0.15, 0.2) is 0 Å². The van der Waals surface area contributed by atoms with Crippen LogP contribution in [0.5, 0.6) is 0 Å². The number of carbonyl (C=O) groups excluding carboxylic acids is 3. The van der Waals surface area contributed by atoms with Gasteiger partial charge in [-0.3, -0.25) is 9.59 Å². The zero-order valence-electron chi connectivity index (χ0n) is 25.0. The summed E-state index contributed by atoms with van der Waals surface area (Å²) in [5, 5.41) is 15.9. The second-order valence-corrected chi connectivity index (χ2v) is 11.9. The molecular weight excluding hydrogens is 494 g/mol. The van der Waals surface area contributed by atoms with E-state index < -0.39 is 36.3 Å². The summed E-state index contributed by atoms with van der Waals surface area (Å²) in [5.41, 5.74) is 1.99. The molecule has 39 heavy (non-hydrogen) atoms. The van der Waals surface area contributed by atoms with Gasteiger partial charge in [-0.1, -0.05) is 70.1 Å². The molecule has 0 heterocycles. The molecule has 1 aromatic carbocycles. The summed E-state index contributed by atoms with van der Waals surface area (Å²) in [5.74, 6) is -0.713. The highest BCUT2D eigenvalue weighted by atomic mass is 16.6. The van der Waals surface area contributed by atoms with Gasteiger partial charge in [-0.15, -0.1) is 0 Å². The monoisotopic (exact) mass is 545 g/mol. The lowest BCUT2D eigenvalue weighted by Crippen LogP contribution is -2.55. The number of ether oxygens (including phenoxy) is 1. The molecule has 1 saturated carbocycles. The maximum Gasteiger partial charge on any atom is 0.408 e. The van der Waals surface area contributed by atoms with Crippen LogP contribution in [-0.2, 0) is 14.3 Å². The van der Waals surface area contributed by atoms with E-state index in [1.807, 2.05) is 32.0 Å². The van der Waals surface area contributed by atoms with Crippen LogP contribution in [0.1, 0.15) is 115 Å². The van der Waals surface area contributed by atoms with Gasteiger partial charge in [-0.2, -0.15) is 0 Å². The van der Waals surface area contributed by atoms with Crippen LogP contribution in [-0.4, -0.2) is 58.8 Å². The van der Waals surface area contributed by atoms with Gasteiger partial charge in [-0.05, 0) is 70.6 Å². The van der Waals surface area contributed by atoms with Crippen molar-refractivity contribution >= 4 is 17.9 Å². The molecule has 3 amide bonds. The number of carbonyl (C=O) groups is 3. The van der Waals surface area contributed by atoms with Crippen molar-refractivity contribution in [1.29, 1.82) is 0 Å². The molecule has 2 atom stereocenters. The Kier molecular flexibility index (Phi) is 13.2. The highest BCUT2D eigenvalue weighted by Crippen LogP contribution is 2.29. The summed E-state index contributed by atoms with van der Waals surface area (Å²) in [4.78, 5) is 42.1.